The van der Waals surface area contributed by atoms with Crippen molar-refractivity contribution in [2.24, 2.45) is 0 Å². The van der Waals surface area contributed by atoms with Gasteiger partial charge in [0.15, 0.2) is 0 Å². The van der Waals surface area contributed by atoms with Crippen LogP contribution in [0.5, 0.6) is 0 Å². The van der Waals surface area contributed by atoms with E-state index in [9.17, 15) is 18.0 Å². The van der Waals surface area contributed by atoms with Gasteiger partial charge in [-0.25, -0.2) is 0 Å². The Morgan fingerprint density at radius 3 is 2.47 bits per heavy atom. The third-order valence-corrected chi connectivity index (χ3v) is 2.03. The Balaban J connectivity index is 3.41. The zero-order valence-electron chi connectivity index (χ0n) is 10.0. The summed E-state index contributed by atoms with van der Waals surface area (Å²) in [5.41, 5.74) is 0. The lowest BCUT2D eigenvalue weighted by Crippen LogP contribution is -2.27. The van der Waals surface area contributed by atoms with Gasteiger partial charge in [0.1, 0.15) is 6.61 Å². The van der Waals surface area contributed by atoms with Crippen molar-refractivity contribution in [3.63, 3.8) is 0 Å². The van der Waals surface area contributed by atoms with E-state index >= 15 is 0 Å². The van der Waals surface area contributed by atoms with Gasteiger partial charge in [-0.3, -0.25) is 4.79 Å². The molecule has 7 heteroatoms. The van der Waals surface area contributed by atoms with E-state index in [4.69, 9.17) is 0 Å². The summed E-state index contributed by atoms with van der Waals surface area (Å²) in [6.45, 7) is -0.182. The minimum Gasteiger partial charge on any atom is -0.469 e. The molecule has 0 aliphatic carbocycles. The molecule has 0 bridgehead atoms. The van der Waals surface area contributed by atoms with Gasteiger partial charge in [-0.05, 0) is 20.0 Å². The van der Waals surface area contributed by atoms with Crippen molar-refractivity contribution in [1.29, 1.82) is 0 Å². The molecule has 0 aromatic heterocycles. The van der Waals surface area contributed by atoms with E-state index in [0.717, 1.165) is 0 Å². The number of hydrogen-bond acceptors (Lipinski definition) is 4. The molecule has 0 saturated heterocycles. The molecule has 0 fully saturated rings. The smallest absolute Gasteiger partial charge is 0.411 e. The summed E-state index contributed by atoms with van der Waals surface area (Å²) in [5.74, 6) is -0.285. The largest absolute Gasteiger partial charge is 0.469 e. The first kappa shape index (κ1) is 16.2. The van der Waals surface area contributed by atoms with Crippen LogP contribution in [0.4, 0.5) is 13.2 Å². The molecule has 0 aliphatic rings. The van der Waals surface area contributed by atoms with Crippen molar-refractivity contribution in [2.75, 3.05) is 40.5 Å². The van der Waals surface area contributed by atoms with Crippen LogP contribution >= 0.6 is 0 Å². The van der Waals surface area contributed by atoms with Gasteiger partial charge < -0.3 is 14.4 Å². The number of nitrogens with zero attached hydrogens (tertiary/aromatic N) is 1. The van der Waals surface area contributed by atoms with Crippen LogP contribution in [0.2, 0.25) is 0 Å². The van der Waals surface area contributed by atoms with Crippen molar-refractivity contribution < 1.29 is 27.4 Å². The number of rotatable bonds is 8. The molecule has 0 saturated carbocycles. The fourth-order valence-corrected chi connectivity index (χ4v) is 1.12. The second-order valence-electron chi connectivity index (χ2n) is 3.65. The average Bonchev–Trinajstić information content (AvgIpc) is 2.23. The van der Waals surface area contributed by atoms with Crippen LogP contribution in [0.1, 0.15) is 12.8 Å². The number of halogens is 3. The molecule has 0 aliphatic heterocycles. The first-order valence-electron chi connectivity index (χ1n) is 5.25. The lowest BCUT2D eigenvalue weighted by molar-refractivity contribution is -0.174. The van der Waals surface area contributed by atoms with Gasteiger partial charge in [0, 0.05) is 13.0 Å². The Labute approximate surface area is 98.7 Å². The summed E-state index contributed by atoms with van der Waals surface area (Å²) in [6, 6.07) is 0. The van der Waals surface area contributed by atoms with Crippen molar-refractivity contribution in [2.45, 2.75) is 19.0 Å². The zero-order valence-corrected chi connectivity index (χ0v) is 10.0. The van der Waals surface area contributed by atoms with Gasteiger partial charge in [-0.15, -0.1) is 0 Å². The van der Waals surface area contributed by atoms with Gasteiger partial charge in [-0.2, -0.15) is 13.2 Å². The maximum Gasteiger partial charge on any atom is 0.411 e. The normalized spacial score (nSPS) is 11.9. The Morgan fingerprint density at radius 2 is 1.94 bits per heavy atom. The van der Waals surface area contributed by atoms with Crippen LogP contribution in [-0.2, 0) is 14.3 Å². The monoisotopic (exact) mass is 257 g/mol. The quantitative estimate of drug-likeness (QED) is 0.487. The average molecular weight is 257 g/mol. The molecule has 0 aromatic carbocycles. The van der Waals surface area contributed by atoms with E-state index in [2.05, 4.69) is 9.47 Å². The predicted octanol–water partition coefficient (Wildman–Crippen LogP) is 1.45. The molecular formula is C10H18F3NO3. The van der Waals surface area contributed by atoms with E-state index < -0.39 is 12.8 Å². The molecule has 0 N–H and O–H groups in total. The molecule has 0 amide bonds. The number of hydrogen-bond donors (Lipinski definition) is 0. The second-order valence-corrected chi connectivity index (χ2v) is 3.65. The molecule has 0 aromatic rings. The third kappa shape index (κ3) is 11.4. The molecular weight excluding hydrogens is 239 g/mol. The van der Waals surface area contributed by atoms with E-state index in [1.54, 1.807) is 11.9 Å². The Hall–Kier alpha value is -0.820. The number of esters is 1. The standard InChI is InChI=1S/C10H18F3NO3/c1-14(5-3-4-9(15)16-2)6-7-17-8-10(11,12)13/h3-8H2,1-2H3. The van der Waals surface area contributed by atoms with Gasteiger partial charge in [0.25, 0.3) is 0 Å². The number of carbonyl (C=O) groups is 1. The molecule has 17 heavy (non-hydrogen) atoms. The summed E-state index contributed by atoms with van der Waals surface area (Å²) < 4.78 is 44.1. The van der Waals surface area contributed by atoms with Gasteiger partial charge in [0.2, 0.25) is 0 Å². The number of likely N-dealkylation sites (N-methyl/N-ethyl adjacent to an activating group) is 1. The van der Waals surface area contributed by atoms with Gasteiger partial charge in [0.05, 0.1) is 13.7 Å². The number of methoxy groups -OCH3 is 1. The first-order chi connectivity index (χ1) is 7.85. The molecule has 0 unspecified atom stereocenters. The summed E-state index contributed by atoms with van der Waals surface area (Å²) in [7, 11) is 3.07. The Kier molecular flexibility index (Phi) is 7.90. The van der Waals surface area contributed by atoms with Gasteiger partial charge >= 0.3 is 12.1 Å². The maximum atomic E-state index is 11.7. The summed E-state index contributed by atoms with van der Waals surface area (Å²) in [5, 5.41) is 0. The lowest BCUT2D eigenvalue weighted by Gasteiger charge is -2.16. The number of ether oxygens (including phenoxy) is 2. The van der Waals surface area contributed by atoms with E-state index in [-0.39, 0.29) is 12.6 Å². The van der Waals surface area contributed by atoms with Crippen LogP contribution < -0.4 is 0 Å². The third-order valence-electron chi connectivity index (χ3n) is 2.03. The van der Waals surface area contributed by atoms with Crippen LogP contribution in [-0.4, -0.2) is 57.5 Å². The first-order valence-corrected chi connectivity index (χ1v) is 5.25. The predicted molar refractivity (Wildman–Crippen MR) is 55.6 cm³/mol. The number of alkyl halides is 3. The van der Waals surface area contributed by atoms with Crippen LogP contribution in [0.15, 0.2) is 0 Å². The Morgan fingerprint density at radius 1 is 1.29 bits per heavy atom. The molecule has 0 spiro atoms. The second kappa shape index (κ2) is 8.30. The highest BCUT2D eigenvalue weighted by Crippen LogP contribution is 2.14. The highest BCUT2D eigenvalue weighted by molar-refractivity contribution is 5.69. The van der Waals surface area contributed by atoms with Crippen LogP contribution in [0, 0.1) is 0 Å². The summed E-state index contributed by atoms with van der Waals surface area (Å²) in [6.07, 6.45) is -3.35. The van der Waals surface area contributed by atoms with Crippen LogP contribution in [0.25, 0.3) is 0 Å². The maximum absolute atomic E-state index is 11.7. The van der Waals surface area contributed by atoms with Gasteiger partial charge in [-0.1, -0.05) is 0 Å². The highest BCUT2D eigenvalue weighted by Gasteiger charge is 2.27. The van der Waals surface area contributed by atoms with Crippen molar-refractivity contribution in [1.82, 2.24) is 4.90 Å². The van der Waals surface area contributed by atoms with E-state index in [1.807, 2.05) is 0 Å². The minimum absolute atomic E-state index is 0.0221. The Bertz CT molecular complexity index is 221. The van der Waals surface area contributed by atoms with Crippen molar-refractivity contribution in [3.05, 3.63) is 0 Å². The van der Waals surface area contributed by atoms with Crippen molar-refractivity contribution in [3.8, 4) is 0 Å². The highest BCUT2D eigenvalue weighted by atomic mass is 19.4. The minimum atomic E-state index is -4.27. The zero-order chi connectivity index (χ0) is 13.3. The molecule has 0 heterocycles. The van der Waals surface area contributed by atoms with Crippen molar-refractivity contribution >= 4 is 5.97 Å². The summed E-state index contributed by atoms with van der Waals surface area (Å²) in [4.78, 5) is 12.6. The molecule has 0 radical (unpaired) electrons. The van der Waals surface area contributed by atoms with E-state index in [0.29, 0.717) is 25.9 Å². The molecule has 4 nitrogen and oxygen atoms in total. The lowest BCUT2D eigenvalue weighted by atomic mass is 10.3. The number of carbonyl (C=O) groups excluding carboxylic acids is 1. The topological polar surface area (TPSA) is 38.8 Å². The molecule has 0 rings (SSSR count). The molecule has 0 atom stereocenters. The fraction of sp³-hybridized carbons (Fsp3) is 0.900. The van der Waals surface area contributed by atoms with Crippen LogP contribution in [0.3, 0.4) is 0 Å². The summed E-state index contributed by atoms with van der Waals surface area (Å²) >= 11 is 0. The fourth-order valence-electron chi connectivity index (χ4n) is 1.12. The molecule has 102 valence electrons. The SMILES string of the molecule is COC(=O)CCCN(C)CCOCC(F)(F)F. The van der Waals surface area contributed by atoms with E-state index in [1.165, 1.54) is 7.11 Å².